The number of aryl methyl sites for hydroxylation is 1. The molecule has 0 spiro atoms. The van der Waals surface area contributed by atoms with Crippen LogP contribution in [-0.2, 0) is 32.6 Å². The van der Waals surface area contributed by atoms with E-state index in [0.29, 0.717) is 32.6 Å². The highest BCUT2D eigenvalue weighted by Crippen LogP contribution is 2.15. The van der Waals surface area contributed by atoms with Gasteiger partial charge in [0.05, 0.1) is 37.3 Å². The monoisotopic (exact) mass is 372 g/mol. The van der Waals surface area contributed by atoms with Gasteiger partial charge in [0.1, 0.15) is 0 Å². The molecule has 1 saturated heterocycles. The molecule has 2 amide bonds. The van der Waals surface area contributed by atoms with Gasteiger partial charge in [-0.1, -0.05) is 6.07 Å². The first kappa shape index (κ1) is 18.9. The van der Waals surface area contributed by atoms with Crippen LogP contribution in [0.5, 0.6) is 0 Å². The molecular formula is C19H24N4O4. The summed E-state index contributed by atoms with van der Waals surface area (Å²) in [6.07, 6.45) is 2.31. The third kappa shape index (κ3) is 4.45. The molecule has 1 aliphatic heterocycles. The number of rotatable bonds is 5. The highest BCUT2D eigenvalue weighted by Gasteiger charge is 2.24. The van der Waals surface area contributed by atoms with Gasteiger partial charge < -0.3 is 19.1 Å². The van der Waals surface area contributed by atoms with Gasteiger partial charge in [-0.15, -0.1) is 0 Å². The number of methoxy groups -OCH3 is 1. The average molecular weight is 372 g/mol. The molecule has 1 fully saturated rings. The number of hydrogen-bond donors (Lipinski definition) is 0. The highest BCUT2D eigenvalue weighted by atomic mass is 16.5. The number of benzene rings is 1. The fourth-order valence-electron chi connectivity index (χ4n) is 3.25. The summed E-state index contributed by atoms with van der Waals surface area (Å²) in [5, 5.41) is 0. The summed E-state index contributed by atoms with van der Waals surface area (Å²) in [6.45, 7) is 2.00. The van der Waals surface area contributed by atoms with E-state index in [2.05, 4.69) is 9.72 Å². The van der Waals surface area contributed by atoms with E-state index >= 15 is 0 Å². The van der Waals surface area contributed by atoms with Crippen molar-refractivity contribution in [2.24, 2.45) is 7.05 Å². The Hall–Kier alpha value is -2.90. The second-order valence-corrected chi connectivity index (χ2v) is 6.69. The van der Waals surface area contributed by atoms with E-state index in [1.54, 1.807) is 16.1 Å². The standard InChI is InChI=1S/C19H24N4O4/c1-21-13-20-15-11-14(3-4-16(15)21)12-18(25)23-9-7-22(8-10-23)17(24)5-6-19(26)27-2/h3-4,11,13H,5-10,12H2,1-2H3. The van der Waals surface area contributed by atoms with Crippen molar-refractivity contribution in [3.63, 3.8) is 0 Å². The zero-order valence-electron chi connectivity index (χ0n) is 15.7. The minimum atomic E-state index is -0.387. The molecular weight excluding hydrogens is 348 g/mol. The average Bonchev–Trinajstić information content (AvgIpc) is 3.06. The van der Waals surface area contributed by atoms with Crippen LogP contribution in [0, 0.1) is 0 Å². The lowest BCUT2D eigenvalue weighted by Gasteiger charge is -2.35. The number of carbonyl (C=O) groups is 3. The van der Waals surface area contributed by atoms with Crippen molar-refractivity contribution in [3.05, 3.63) is 30.1 Å². The fourth-order valence-corrected chi connectivity index (χ4v) is 3.25. The predicted octanol–water partition coefficient (Wildman–Crippen LogP) is 0.740. The Bertz CT molecular complexity index is 853. The van der Waals surface area contributed by atoms with Crippen LogP contribution < -0.4 is 0 Å². The summed E-state index contributed by atoms with van der Waals surface area (Å²) in [6, 6.07) is 5.87. The molecule has 0 saturated carbocycles. The number of esters is 1. The van der Waals surface area contributed by atoms with Crippen molar-refractivity contribution < 1.29 is 19.1 Å². The van der Waals surface area contributed by atoms with E-state index in [1.165, 1.54) is 7.11 Å². The van der Waals surface area contributed by atoms with Gasteiger partial charge in [-0.25, -0.2) is 4.98 Å². The Labute approximate surface area is 157 Å². The number of carbonyl (C=O) groups excluding carboxylic acids is 3. The maximum Gasteiger partial charge on any atom is 0.306 e. The third-order valence-electron chi connectivity index (χ3n) is 4.90. The van der Waals surface area contributed by atoms with E-state index in [0.717, 1.165) is 16.6 Å². The van der Waals surface area contributed by atoms with Crippen molar-refractivity contribution in [1.82, 2.24) is 19.4 Å². The second-order valence-electron chi connectivity index (χ2n) is 6.69. The van der Waals surface area contributed by atoms with Gasteiger partial charge in [0.15, 0.2) is 0 Å². The van der Waals surface area contributed by atoms with E-state index in [4.69, 9.17) is 0 Å². The molecule has 144 valence electrons. The lowest BCUT2D eigenvalue weighted by molar-refractivity contribution is -0.144. The topological polar surface area (TPSA) is 84.7 Å². The number of piperazine rings is 1. The van der Waals surface area contributed by atoms with Crippen molar-refractivity contribution in [3.8, 4) is 0 Å². The zero-order chi connectivity index (χ0) is 19.4. The van der Waals surface area contributed by atoms with E-state index in [1.807, 2.05) is 29.8 Å². The fraction of sp³-hybridized carbons (Fsp3) is 0.474. The number of hydrogen-bond acceptors (Lipinski definition) is 5. The van der Waals surface area contributed by atoms with Crippen LogP contribution >= 0.6 is 0 Å². The van der Waals surface area contributed by atoms with Crippen molar-refractivity contribution >= 4 is 28.8 Å². The SMILES string of the molecule is COC(=O)CCC(=O)N1CCN(C(=O)Cc2ccc3c(c2)ncn3C)CC1. The summed E-state index contributed by atoms with van der Waals surface area (Å²) in [5.41, 5.74) is 2.84. The number of imidazole rings is 1. The van der Waals surface area contributed by atoms with Crippen LogP contribution in [-0.4, -0.2) is 70.4 Å². The van der Waals surface area contributed by atoms with Crippen LogP contribution in [0.1, 0.15) is 18.4 Å². The number of ether oxygens (including phenoxy) is 1. The summed E-state index contributed by atoms with van der Waals surface area (Å²) >= 11 is 0. The molecule has 0 N–H and O–H groups in total. The minimum absolute atomic E-state index is 0.0481. The Morgan fingerprint density at radius 1 is 1.04 bits per heavy atom. The molecule has 27 heavy (non-hydrogen) atoms. The Kier molecular flexibility index (Phi) is 5.73. The molecule has 0 radical (unpaired) electrons. The highest BCUT2D eigenvalue weighted by molar-refractivity contribution is 5.83. The van der Waals surface area contributed by atoms with Gasteiger partial charge in [-0.05, 0) is 17.7 Å². The van der Waals surface area contributed by atoms with Crippen molar-refractivity contribution in [2.75, 3.05) is 33.3 Å². The molecule has 0 bridgehead atoms. The number of amides is 2. The summed E-state index contributed by atoms with van der Waals surface area (Å²) in [7, 11) is 3.24. The van der Waals surface area contributed by atoms with Crippen LogP contribution in [0.3, 0.4) is 0 Å². The summed E-state index contributed by atoms with van der Waals surface area (Å²) < 4.78 is 6.49. The summed E-state index contributed by atoms with van der Waals surface area (Å²) in [5.74, 6) is -0.415. The van der Waals surface area contributed by atoms with E-state index in [-0.39, 0.29) is 30.6 Å². The maximum absolute atomic E-state index is 12.6. The molecule has 8 nitrogen and oxygen atoms in total. The molecule has 1 aromatic carbocycles. The number of aromatic nitrogens is 2. The summed E-state index contributed by atoms with van der Waals surface area (Å²) in [4.78, 5) is 43.6. The van der Waals surface area contributed by atoms with Crippen LogP contribution in [0.25, 0.3) is 11.0 Å². The first-order chi connectivity index (χ1) is 13.0. The lowest BCUT2D eigenvalue weighted by Crippen LogP contribution is -2.51. The van der Waals surface area contributed by atoms with E-state index in [9.17, 15) is 14.4 Å². The van der Waals surface area contributed by atoms with Gasteiger partial charge in [0.2, 0.25) is 11.8 Å². The lowest BCUT2D eigenvalue weighted by atomic mass is 10.1. The first-order valence-electron chi connectivity index (χ1n) is 9.00. The van der Waals surface area contributed by atoms with Crippen molar-refractivity contribution in [1.29, 1.82) is 0 Å². The molecule has 3 rings (SSSR count). The van der Waals surface area contributed by atoms with Crippen molar-refractivity contribution in [2.45, 2.75) is 19.3 Å². The van der Waals surface area contributed by atoms with Gasteiger partial charge in [0.25, 0.3) is 0 Å². The molecule has 1 aliphatic rings. The Morgan fingerprint density at radius 2 is 1.70 bits per heavy atom. The molecule has 8 heteroatoms. The molecule has 0 unspecified atom stereocenters. The predicted molar refractivity (Wildman–Crippen MR) is 98.8 cm³/mol. The quantitative estimate of drug-likeness (QED) is 0.723. The maximum atomic E-state index is 12.6. The van der Waals surface area contributed by atoms with Crippen LogP contribution in [0.15, 0.2) is 24.5 Å². The zero-order valence-corrected chi connectivity index (χ0v) is 15.7. The largest absolute Gasteiger partial charge is 0.469 e. The van der Waals surface area contributed by atoms with E-state index < -0.39 is 0 Å². The number of nitrogens with zero attached hydrogens (tertiary/aromatic N) is 4. The second kappa shape index (κ2) is 8.20. The molecule has 0 atom stereocenters. The van der Waals surface area contributed by atoms with Gasteiger partial charge in [-0.2, -0.15) is 0 Å². The first-order valence-corrected chi connectivity index (χ1v) is 9.00. The van der Waals surface area contributed by atoms with Crippen LogP contribution in [0.4, 0.5) is 0 Å². The Balaban J connectivity index is 1.50. The molecule has 2 aromatic rings. The Morgan fingerprint density at radius 3 is 2.37 bits per heavy atom. The minimum Gasteiger partial charge on any atom is -0.469 e. The molecule has 0 aliphatic carbocycles. The number of fused-ring (bicyclic) bond motifs is 1. The third-order valence-corrected chi connectivity index (χ3v) is 4.90. The van der Waals surface area contributed by atoms with Crippen LogP contribution in [0.2, 0.25) is 0 Å². The smallest absolute Gasteiger partial charge is 0.306 e. The normalized spacial score (nSPS) is 14.4. The van der Waals surface area contributed by atoms with Gasteiger partial charge >= 0.3 is 5.97 Å². The van der Waals surface area contributed by atoms with Gasteiger partial charge in [0, 0.05) is 39.6 Å². The molecule has 1 aromatic heterocycles. The molecule has 2 heterocycles. The van der Waals surface area contributed by atoms with Gasteiger partial charge in [-0.3, -0.25) is 14.4 Å².